The molecule has 2 unspecified atom stereocenters. The molecule has 1 amide bonds. The molecule has 0 aliphatic carbocycles. The number of benzene rings is 1. The molecule has 0 radical (unpaired) electrons. The van der Waals surface area contributed by atoms with Crippen molar-refractivity contribution in [2.45, 2.75) is 32.4 Å². The first-order valence-electron chi connectivity index (χ1n) is 6.53. The van der Waals surface area contributed by atoms with E-state index in [1.807, 2.05) is 25.1 Å². The third-order valence-electron chi connectivity index (χ3n) is 2.65. The minimum atomic E-state index is -0.564. The van der Waals surface area contributed by atoms with Gasteiger partial charge in [-0.25, -0.2) is 0 Å². The highest BCUT2D eigenvalue weighted by atomic mass is 79.9. The lowest BCUT2D eigenvalue weighted by Crippen LogP contribution is -2.36. The number of nitrogens with one attached hydrogen (secondary N) is 1. The van der Waals surface area contributed by atoms with Gasteiger partial charge in [0.2, 0.25) is 0 Å². The molecule has 1 aromatic rings. The minimum Gasteiger partial charge on any atom is -0.480 e. The lowest BCUT2D eigenvalue weighted by atomic mass is 10.1. The van der Waals surface area contributed by atoms with Crippen LogP contribution in [0.15, 0.2) is 35.3 Å². The average Bonchev–Trinajstić information content (AvgIpc) is 2.38. The molecule has 20 heavy (non-hydrogen) atoms. The van der Waals surface area contributed by atoms with Crippen molar-refractivity contribution >= 4 is 21.8 Å². The molecule has 0 fully saturated rings. The van der Waals surface area contributed by atoms with Gasteiger partial charge >= 0.3 is 0 Å². The van der Waals surface area contributed by atoms with Crippen LogP contribution in [0.1, 0.15) is 19.4 Å². The lowest BCUT2D eigenvalue weighted by Gasteiger charge is -2.16. The van der Waals surface area contributed by atoms with E-state index in [0.717, 1.165) is 16.5 Å². The highest BCUT2D eigenvalue weighted by molar-refractivity contribution is 9.10. The number of carbonyl (C=O) groups is 1. The van der Waals surface area contributed by atoms with Crippen LogP contribution in [0.2, 0.25) is 0 Å². The van der Waals surface area contributed by atoms with Gasteiger partial charge in [-0.3, -0.25) is 4.79 Å². The molecule has 0 aliphatic heterocycles. The highest BCUT2D eigenvalue weighted by Crippen LogP contribution is 2.27. The summed E-state index contributed by atoms with van der Waals surface area (Å²) >= 11 is 3.45. The zero-order chi connectivity index (χ0) is 15.1. The Kier molecular flexibility index (Phi) is 6.75. The van der Waals surface area contributed by atoms with Crippen molar-refractivity contribution in [1.29, 1.82) is 0 Å². The molecule has 1 aromatic carbocycles. The monoisotopic (exact) mass is 340 g/mol. The predicted octanol–water partition coefficient (Wildman–Crippen LogP) is 2.41. The SMILES string of the molecule is C=CCNC(=O)C(C)Oc1ccc(CC(C)N)cc1Br. The number of halogens is 1. The fourth-order valence-electron chi connectivity index (χ4n) is 1.70. The largest absolute Gasteiger partial charge is 0.480 e. The van der Waals surface area contributed by atoms with Gasteiger partial charge < -0.3 is 15.8 Å². The zero-order valence-corrected chi connectivity index (χ0v) is 13.4. The summed E-state index contributed by atoms with van der Waals surface area (Å²) in [5, 5.41) is 2.70. The Hall–Kier alpha value is -1.33. The molecule has 3 N–H and O–H groups in total. The second-order valence-electron chi connectivity index (χ2n) is 4.74. The molecular weight excluding hydrogens is 320 g/mol. The van der Waals surface area contributed by atoms with E-state index in [0.29, 0.717) is 12.3 Å². The molecule has 110 valence electrons. The summed E-state index contributed by atoms with van der Waals surface area (Å²) in [5.41, 5.74) is 6.90. The molecule has 4 nitrogen and oxygen atoms in total. The second-order valence-corrected chi connectivity index (χ2v) is 5.59. The van der Waals surface area contributed by atoms with E-state index >= 15 is 0 Å². The first-order chi connectivity index (χ1) is 9.43. The molecule has 0 saturated heterocycles. The van der Waals surface area contributed by atoms with E-state index in [2.05, 4.69) is 27.8 Å². The number of amides is 1. The van der Waals surface area contributed by atoms with Crippen LogP contribution in [0.5, 0.6) is 5.75 Å². The second kappa shape index (κ2) is 8.07. The van der Waals surface area contributed by atoms with E-state index in [4.69, 9.17) is 10.5 Å². The van der Waals surface area contributed by atoms with Gasteiger partial charge in [-0.05, 0) is 53.9 Å². The average molecular weight is 341 g/mol. The summed E-state index contributed by atoms with van der Waals surface area (Å²) in [7, 11) is 0. The molecule has 5 heteroatoms. The quantitative estimate of drug-likeness (QED) is 0.749. The molecule has 0 saturated carbocycles. The lowest BCUT2D eigenvalue weighted by molar-refractivity contribution is -0.127. The summed E-state index contributed by atoms with van der Waals surface area (Å²) in [6, 6.07) is 5.88. The van der Waals surface area contributed by atoms with E-state index in [-0.39, 0.29) is 11.9 Å². The maximum absolute atomic E-state index is 11.7. The number of rotatable bonds is 7. The number of nitrogens with two attached hydrogens (primary N) is 1. The van der Waals surface area contributed by atoms with Crippen LogP contribution < -0.4 is 15.8 Å². The van der Waals surface area contributed by atoms with Crippen molar-refractivity contribution in [2.24, 2.45) is 5.73 Å². The fraction of sp³-hybridized carbons (Fsp3) is 0.400. The molecule has 1 rings (SSSR count). The van der Waals surface area contributed by atoms with Gasteiger partial charge in [-0.1, -0.05) is 12.1 Å². The Labute approximate surface area is 128 Å². The van der Waals surface area contributed by atoms with Crippen LogP contribution in [-0.2, 0) is 11.2 Å². The van der Waals surface area contributed by atoms with Crippen molar-refractivity contribution < 1.29 is 9.53 Å². The van der Waals surface area contributed by atoms with Gasteiger partial charge in [-0.2, -0.15) is 0 Å². The van der Waals surface area contributed by atoms with Gasteiger partial charge in [0, 0.05) is 12.6 Å². The summed E-state index contributed by atoms with van der Waals surface area (Å²) in [4.78, 5) is 11.7. The summed E-state index contributed by atoms with van der Waals surface area (Å²) < 4.78 is 6.46. The third kappa shape index (κ3) is 5.35. The Morgan fingerprint density at radius 3 is 2.80 bits per heavy atom. The Balaban J connectivity index is 2.68. The van der Waals surface area contributed by atoms with Crippen LogP contribution in [-0.4, -0.2) is 24.6 Å². The zero-order valence-electron chi connectivity index (χ0n) is 11.9. The van der Waals surface area contributed by atoms with Crippen molar-refractivity contribution in [3.05, 3.63) is 40.9 Å². The van der Waals surface area contributed by atoms with Crippen LogP contribution in [0, 0.1) is 0 Å². The van der Waals surface area contributed by atoms with E-state index in [9.17, 15) is 4.79 Å². The van der Waals surface area contributed by atoms with Gasteiger partial charge in [0.1, 0.15) is 5.75 Å². The molecular formula is C15H21BrN2O2. The van der Waals surface area contributed by atoms with Gasteiger partial charge in [0.25, 0.3) is 5.91 Å². The first kappa shape index (κ1) is 16.7. The van der Waals surface area contributed by atoms with Crippen molar-refractivity contribution in [2.75, 3.05) is 6.54 Å². The molecule has 0 heterocycles. The van der Waals surface area contributed by atoms with E-state index < -0.39 is 6.10 Å². The third-order valence-corrected chi connectivity index (χ3v) is 3.27. The van der Waals surface area contributed by atoms with Gasteiger partial charge in [0.05, 0.1) is 4.47 Å². The Bertz CT molecular complexity index is 475. The molecule has 0 spiro atoms. The summed E-state index contributed by atoms with van der Waals surface area (Å²) in [6.45, 7) is 7.65. The standard InChI is InChI=1S/C15H21BrN2O2/c1-4-7-18-15(19)11(3)20-14-6-5-12(8-10(2)17)9-13(14)16/h4-6,9-11H,1,7-8,17H2,2-3H3,(H,18,19). The highest BCUT2D eigenvalue weighted by Gasteiger charge is 2.15. The summed E-state index contributed by atoms with van der Waals surface area (Å²) in [5.74, 6) is 0.469. The number of ether oxygens (including phenoxy) is 1. The smallest absolute Gasteiger partial charge is 0.261 e. The maximum atomic E-state index is 11.7. The molecule has 0 aliphatic rings. The minimum absolute atomic E-state index is 0.109. The fourth-order valence-corrected chi connectivity index (χ4v) is 2.22. The van der Waals surface area contributed by atoms with Gasteiger partial charge in [0.15, 0.2) is 6.10 Å². The van der Waals surface area contributed by atoms with Gasteiger partial charge in [-0.15, -0.1) is 6.58 Å². The van der Waals surface area contributed by atoms with Crippen LogP contribution in [0.25, 0.3) is 0 Å². The van der Waals surface area contributed by atoms with Crippen LogP contribution in [0.4, 0.5) is 0 Å². The first-order valence-corrected chi connectivity index (χ1v) is 7.32. The molecule has 0 aromatic heterocycles. The van der Waals surface area contributed by atoms with E-state index in [1.54, 1.807) is 13.0 Å². The van der Waals surface area contributed by atoms with Crippen LogP contribution in [0.3, 0.4) is 0 Å². The van der Waals surface area contributed by atoms with E-state index in [1.165, 1.54) is 0 Å². The normalized spacial score (nSPS) is 13.4. The van der Waals surface area contributed by atoms with Crippen LogP contribution >= 0.6 is 15.9 Å². The number of hydrogen-bond donors (Lipinski definition) is 2. The Morgan fingerprint density at radius 1 is 1.55 bits per heavy atom. The molecule has 0 bridgehead atoms. The van der Waals surface area contributed by atoms with Crippen molar-refractivity contribution in [3.63, 3.8) is 0 Å². The van der Waals surface area contributed by atoms with Crippen molar-refractivity contribution in [1.82, 2.24) is 5.32 Å². The number of hydrogen-bond acceptors (Lipinski definition) is 3. The predicted molar refractivity (Wildman–Crippen MR) is 84.8 cm³/mol. The van der Waals surface area contributed by atoms with Crippen molar-refractivity contribution in [3.8, 4) is 5.75 Å². The number of carbonyl (C=O) groups excluding carboxylic acids is 1. The molecule has 2 atom stereocenters. The topological polar surface area (TPSA) is 64.3 Å². The maximum Gasteiger partial charge on any atom is 0.261 e. The Morgan fingerprint density at radius 2 is 2.25 bits per heavy atom. The summed E-state index contributed by atoms with van der Waals surface area (Å²) in [6.07, 6.45) is 1.86.